The highest BCUT2D eigenvalue weighted by molar-refractivity contribution is 6.33. The van der Waals surface area contributed by atoms with Crippen LogP contribution in [0.2, 0.25) is 10.0 Å². The molecule has 2 aliphatic heterocycles. The van der Waals surface area contributed by atoms with Crippen molar-refractivity contribution in [2.24, 2.45) is 0 Å². The number of benzene rings is 2. The van der Waals surface area contributed by atoms with Gasteiger partial charge >= 0.3 is 0 Å². The van der Waals surface area contributed by atoms with Crippen LogP contribution in [0.3, 0.4) is 0 Å². The van der Waals surface area contributed by atoms with Crippen molar-refractivity contribution in [3.05, 3.63) is 64.4 Å². The van der Waals surface area contributed by atoms with Crippen molar-refractivity contribution >= 4 is 40.7 Å². The van der Waals surface area contributed by atoms with Crippen LogP contribution in [0.5, 0.6) is 0 Å². The Labute approximate surface area is 210 Å². The standard InChI is InChI=1S/C26H28Cl2FN5/c1-17-6-5-11-34(17)26-30-23(19-9-10-22(29)21(28)14-19)15-25(31-26)33-13-12-32(16-18(33)2)24-8-4-3-7-20(24)27/h3-4,7-10,14-15,17-18H,5-6,11-13,16H2,1-2H3/t17-,18+/m0/s1. The lowest BCUT2D eigenvalue weighted by atomic mass is 10.1. The molecule has 178 valence electrons. The number of anilines is 3. The topological polar surface area (TPSA) is 35.5 Å². The SMILES string of the molecule is C[C@@H]1CN(c2ccccc2Cl)CCN1c1cc(-c2ccc(F)c(Cl)c2)nc(N2CCC[C@@H]2C)n1. The molecule has 0 bridgehead atoms. The summed E-state index contributed by atoms with van der Waals surface area (Å²) in [5, 5.41) is 0.862. The van der Waals surface area contributed by atoms with Gasteiger partial charge in [0.15, 0.2) is 0 Å². The third-order valence-corrected chi connectivity index (χ3v) is 7.45. The molecule has 5 nitrogen and oxygen atoms in total. The van der Waals surface area contributed by atoms with Crippen LogP contribution >= 0.6 is 23.2 Å². The lowest BCUT2D eigenvalue weighted by Gasteiger charge is -2.42. The number of para-hydroxylation sites is 1. The predicted octanol–water partition coefficient (Wildman–Crippen LogP) is 6.29. The van der Waals surface area contributed by atoms with E-state index in [1.807, 2.05) is 24.3 Å². The first kappa shape index (κ1) is 23.2. The molecule has 34 heavy (non-hydrogen) atoms. The molecular weight excluding hydrogens is 472 g/mol. The van der Waals surface area contributed by atoms with Gasteiger partial charge in [-0.3, -0.25) is 0 Å². The predicted molar refractivity (Wildman–Crippen MR) is 139 cm³/mol. The van der Waals surface area contributed by atoms with Crippen molar-refractivity contribution in [2.75, 3.05) is 40.9 Å². The van der Waals surface area contributed by atoms with Gasteiger partial charge in [-0.2, -0.15) is 4.98 Å². The highest BCUT2D eigenvalue weighted by Crippen LogP contribution is 2.33. The number of halogens is 3. The zero-order valence-corrected chi connectivity index (χ0v) is 20.9. The molecule has 0 N–H and O–H groups in total. The molecule has 0 aliphatic carbocycles. The fourth-order valence-corrected chi connectivity index (χ4v) is 5.39. The Kier molecular flexibility index (Phi) is 6.54. The third kappa shape index (κ3) is 4.53. The van der Waals surface area contributed by atoms with Crippen LogP contribution in [0.1, 0.15) is 26.7 Å². The van der Waals surface area contributed by atoms with Gasteiger partial charge < -0.3 is 14.7 Å². The highest BCUT2D eigenvalue weighted by Gasteiger charge is 2.29. The molecule has 0 amide bonds. The summed E-state index contributed by atoms with van der Waals surface area (Å²) in [6.07, 6.45) is 2.25. The van der Waals surface area contributed by atoms with Gasteiger partial charge in [0.1, 0.15) is 11.6 Å². The van der Waals surface area contributed by atoms with E-state index in [-0.39, 0.29) is 11.1 Å². The summed E-state index contributed by atoms with van der Waals surface area (Å²) in [4.78, 5) is 16.8. The number of nitrogens with zero attached hydrogens (tertiary/aromatic N) is 5. The number of piperazine rings is 1. The summed E-state index contributed by atoms with van der Waals surface area (Å²) in [5.41, 5.74) is 2.60. The van der Waals surface area contributed by atoms with Gasteiger partial charge in [-0.05, 0) is 57.0 Å². The lowest BCUT2D eigenvalue weighted by molar-refractivity contribution is 0.545. The summed E-state index contributed by atoms with van der Waals surface area (Å²) in [7, 11) is 0. The minimum atomic E-state index is -0.433. The normalized spacial score (nSPS) is 20.8. The highest BCUT2D eigenvalue weighted by atomic mass is 35.5. The van der Waals surface area contributed by atoms with E-state index in [0.717, 1.165) is 72.8 Å². The Balaban J connectivity index is 1.49. The molecule has 3 aromatic rings. The maximum atomic E-state index is 13.8. The number of aromatic nitrogens is 2. The monoisotopic (exact) mass is 499 g/mol. The van der Waals surface area contributed by atoms with Crippen LogP contribution in [-0.2, 0) is 0 Å². The van der Waals surface area contributed by atoms with Gasteiger partial charge in [-0.15, -0.1) is 0 Å². The van der Waals surface area contributed by atoms with Crippen molar-refractivity contribution in [1.29, 1.82) is 0 Å². The van der Waals surface area contributed by atoms with Crippen molar-refractivity contribution in [1.82, 2.24) is 9.97 Å². The number of hydrogen-bond acceptors (Lipinski definition) is 5. The second-order valence-corrected chi connectivity index (χ2v) is 9.98. The smallest absolute Gasteiger partial charge is 0.228 e. The zero-order valence-electron chi connectivity index (χ0n) is 19.4. The van der Waals surface area contributed by atoms with Crippen molar-refractivity contribution in [2.45, 2.75) is 38.8 Å². The Morgan fingerprint density at radius 3 is 2.41 bits per heavy atom. The average Bonchev–Trinajstić information content (AvgIpc) is 3.26. The summed E-state index contributed by atoms with van der Waals surface area (Å²) >= 11 is 12.6. The first-order chi connectivity index (χ1) is 16.4. The first-order valence-electron chi connectivity index (χ1n) is 11.8. The van der Waals surface area contributed by atoms with Gasteiger partial charge in [0.2, 0.25) is 5.95 Å². The molecule has 1 aromatic heterocycles. The number of hydrogen-bond donors (Lipinski definition) is 0. The molecule has 2 atom stereocenters. The maximum Gasteiger partial charge on any atom is 0.228 e. The Morgan fingerprint density at radius 1 is 0.882 bits per heavy atom. The van der Waals surface area contributed by atoms with Crippen LogP contribution in [0.25, 0.3) is 11.3 Å². The molecule has 2 aliphatic rings. The molecule has 0 saturated carbocycles. The van der Waals surface area contributed by atoms with Crippen LogP contribution in [-0.4, -0.2) is 48.2 Å². The fourth-order valence-electron chi connectivity index (χ4n) is 4.96. The number of rotatable bonds is 4. The van der Waals surface area contributed by atoms with E-state index in [1.54, 1.807) is 12.1 Å². The van der Waals surface area contributed by atoms with E-state index in [2.05, 4.69) is 34.6 Å². The lowest BCUT2D eigenvalue weighted by Crippen LogP contribution is -2.52. The van der Waals surface area contributed by atoms with E-state index in [0.29, 0.717) is 6.04 Å². The molecule has 2 aromatic carbocycles. The maximum absolute atomic E-state index is 13.8. The van der Waals surface area contributed by atoms with Crippen molar-refractivity contribution < 1.29 is 4.39 Å². The molecule has 0 spiro atoms. The van der Waals surface area contributed by atoms with E-state index >= 15 is 0 Å². The van der Waals surface area contributed by atoms with E-state index in [9.17, 15) is 4.39 Å². The zero-order chi connectivity index (χ0) is 23.8. The molecule has 3 heterocycles. The Hall–Kier alpha value is -2.57. The summed E-state index contributed by atoms with van der Waals surface area (Å²) < 4.78 is 13.8. The van der Waals surface area contributed by atoms with Crippen LogP contribution < -0.4 is 14.7 Å². The molecule has 2 saturated heterocycles. The molecule has 8 heteroatoms. The fraction of sp³-hybridized carbons (Fsp3) is 0.385. The van der Waals surface area contributed by atoms with Crippen molar-refractivity contribution in [3.8, 4) is 11.3 Å². The van der Waals surface area contributed by atoms with Crippen LogP contribution in [0, 0.1) is 5.82 Å². The molecular formula is C26H28Cl2FN5. The molecule has 0 unspecified atom stereocenters. The quantitative estimate of drug-likeness (QED) is 0.421. The minimum Gasteiger partial charge on any atom is -0.367 e. The summed E-state index contributed by atoms with van der Waals surface area (Å²) in [6.45, 7) is 7.83. The Morgan fingerprint density at radius 2 is 1.71 bits per heavy atom. The Bertz CT molecular complexity index is 1190. The molecule has 2 fully saturated rings. The third-order valence-electron chi connectivity index (χ3n) is 6.84. The van der Waals surface area contributed by atoms with E-state index < -0.39 is 5.82 Å². The van der Waals surface area contributed by atoms with E-state index in [4.69, 9.17) is 33.2 Å². The molecule has 5 rings (SSSR count). The largest absolute Gasteiger partial charge is 0.367 e. The average molecular weight is 500 g/mol. The van der Waals surface area contributed by atoms with Crippen molar-refractivity contribution in [3.63, 3.8) is 0 Å². The minimum absolute atomic E-state index is 0.0930. The van der Waals surface area contributed by atoms with Gasteiger partial charge in [0.25, 0.3) is 0 Å². The molecule has 0 radical (unpaired) electrons. The van der Waals surface area contributed by atoms with Gasteiger partial charge in [0, 0.05) is 49.9 Å². The summed E-state index contributed by atoms with van der Waals surface area (Å²) in [6, 6.07) is 15.3. The summed E-state index contributed by atoms with van der Waals surface area (Å²) in [5.74, 6) is 1.17. The van der Waals surface area contributed by atoms with Gasteiger partial charge in [-0.1, -0.05) is 35.3 Å². The van der Waals surface area contributed by atoms with Gasteiger partial charge in [-0.25, -0.2) is 9.37 Å². The second kappa shape index (κ2) is 9.59. The van der Waals surface area contributed by atoms with Crippen LogP contribution in [0.15, 0.2) is 48.5 Å². The van der Waals surface area contributed by atoms with Crippen LogP contribution in [0.4, 0.5) is 21.8 Å². The van der Waals surface area contributed by atoms with Gasteiger partial charge in [0.05, 0.1) is 21.4 Å². The van der Waals surface area contributed by atoms with E-state index in [1.165, 1.54) is 6.07 Å². The second-order valence-electron chi connectivity index (χ2n) is 9.16. The first-order valence-corrected chi connectivity index (χ1v) is 12.5.